The Bertz CT molecular complexity index is 1310. The number of likely N-dealkylation sites (N-methyl/N-ethyl adjacent to an activating group) is 1. The molecule has 2 aliphatic rings. The molecular formula is C23H28N6O3. The van der Waals surface area contributed by atoms with Crippen LogP contribution in [0.3, 0.4) is 0 Å². The maximum atomic E-state index is 13.4. The molecule has 0 unspecified atom stereocenters. The maximum Gasteiger partial charge on any atom is 0.267 e. The number of fused-ring (bicyclic) bond motifs is 2. The largest absolute Gasteiger partial charge is 0.376 e. The van der Waals surface area contributed by atoms with Crippen LogP contribution in [0.2, 0.25) is 0 Å². The summed E-state index contributed by atoms with van der Waals surface area (Å²) in [6.07, 6.45) is 3.49. The number of carbonyl (C=O) groups excluding carboxylic acids is 1. The van der Waals surface area contributed by atoms with Crippen LogP contribution < -0.4 is 11.0 Å². The van der Waals surface area contributed by atoms with Gasteiger partial charge in [0.15, 0.2) is 0 Å². The Kier molecular flexibility index (Phi) is 5.30. The Hall–Kier alpha value is -3.04. The molecule has 5 heterocycles. The second-order valence-electron chi connectivity index (χ2n) is 8.79. The molecule has 1 N–H and O–H groups in total. The minimum Gasteiger partial charge on any atom is -0.376 e. The second-order valence-corrected chi connectivity index (χ2v) is 8.79. The molecule has 0 aromatic carbocycles. The fourth-order valence-corrected chi connectivity index (χ4v) is 4.61. The van der Waals surface area contributed by atoms with Gasteiger partial charge >= 0.3 is 0 Å². The van der Waals surface area contributed by atoms with Crippen LogP contribution in [-0.2, 0) is 11.3 Å². The quantitative estimate of drug-likeness (QED) is 0.618. The first-order chi connectivity index (χ1) is 15.4. The Morgan fingerprint density at radius 1 is 1.25 bits per heavy atom. The number of aryl methyl sites for hydroxylation is 1. The first-order valence-electron chi connectivity index (χ1n) is 11.1. The smallest absolute Gasteiger partial charge is 0.267 e. The van der Waals surface area contributed by atoms with Crippen LogP contribution in [0.5, 0.6) is 0 Å². The van der Waals surface area contributed by atoms with Crippen LogP contribution in [0.4, 0.5) is 0 Å². The molecule has 2 fully saturated rings. The molecule has 9 heteroatoms. The zero-order valence-corrected chi connectivity index (χ0v) is 18.5. The molecule has 2 saturated heterocycles. The van der Waals surface area contributed by atoms with Crippen LogP contribution in [-0.4, -0.2) is 75.6 Å². The van der Waals surface area contributed by atoms with Gasteiger partial charge in [-0.15, -0.1) is 0 Å². The molecule has 2 aliphatic heterocycles. The third kappa shape index (κ3) is 3.51. The van der Waals surface area contributed by atoms with Gasteiger partial charge in [0.2, 0.25) is 0 Å². The lowest BCUT2D eigenvalue weighted by Gasteiger charge is -2.32. The number of carbonyl (C=O) groups is 1. The minimum atomic E-state index is -0.234. The molecule has 5 rings (SSSR count). The van der Waals surface area contributed by atoms with Gasteiger partial charge < -0.3 is 19.1 Å². The predicted octanol–water partition coefficient (Wildman–Crippen LogP) is 1.00. The molecule has 9 nitrogen and oxygen atoms in total. The molecule has 0 aliphatic carbocycles. The normalized spacial score (nSPS) is 19.8. The van der Waals surface area contributed by atoms with Gasteiger partial charge in [-0.2, -0.15) is 0 Å². The topological polar surface area (TPSA) is 95.9 Å². The van der Waals surface area contributed by atoms with E-state index in [2.05, 4.69) is 4.90 Å². The summed E-state index contributed by atoms with van der Waals surface area (Å²) < 4.78 is 9.03. The maximum absolute atomic E-state index is 13.4. The number of ether oxygens (including phenoxy) is 1. The average Bonchev–Trinajstić information content (AvgIpc) is 3.30. The first-order valence-corrected chi connectivity index (χ1v) is 11.1. The number of hydrogen-bond acceptors (Lipinski definition) is 6. The van der Waals surface area contributed by atoms with E-state index in [1.165, 1.54) is 4.40 Å². The highest BCUT2D eigenvalue weighted by Crippen LogP contribution is 2.18. The highest BCUT2D eigenvalue weighted by molar-refractivity contribution is 5.97. The van der Waals surface area contributed by atoms with Crippen molar-refractivity contribution >= 4 is 22.6 Å². The lowest BCUT2D eigenvalue weighted by atomic mass is 10.1. The summed E-state index contributed by atoms with van der Waals surface area (Å²) in [5.41, 5.74) is 1.96. The van der Waals surface area contributed by atoms with Crippen LogP contribution in [0.15, 0.2) is 29.2 Å². The van der Waals surface area contributed by atoms with Crippen LogP contribution >= 0.6 is 0 Å². The Balaban J connectivity index is 1.72. The van der Waals surface area contributed by atoms with E-state index in [1.807, 2.05) is 26.1 Å². The van der Waals surface area contributed by atoms with Crippen LogP contribution in [0, 0.1) is 12.3 Å². The lowest BCUT2D eigenvalue weighted by Crippen LogP contribution is -2.48. The summed E-state index contributed by atoms with van der Waals surface area (Å²) in [5, 5.41) is 9.26. The van der Waals surface area contributed by atoms with Crippen molar-refractivity contribution in [3.8, 4) is 0 Å². The van der Waals surface area contributed by atoms with Crippen molar-refractivity contribution in [2.24, 2.45) is 0 Å². The van der Waals surface area contributed by atoms with Crippen LogP contribution in [0.25, 0.3) is 16.7 Å². The van der Waals surface area contributed by atoms with Crippen molar-refractivity contribution in [1.29, 1.82) is 5.41 Å². The third-order valence-corrected chi connectivity index (χ3v) is 6.56. The van der Waals surface area contributed by atoms with E-state index in [0.29, 0.717) is 42.9 Å². The molecular weight excluding hydrogens is 408 g/mol. The minimum absolute atomic E-state index is 0.0570. The molecule has 3 aromatic rings. The SMILES string of the molecule is Cc1cccn2c(=O)c3cc(C(=O)N4CCN(C)CC4)c(=N)n(C[C@@H]4CCCO4)c3nc12. The molecule has 0 radical (unpaired) electrons. The number of piperazine rings is 1. The van der Waals surface area contributed by atoms with Gasteiger partial charge in [0.05, 0.1) is 23.6 Å². The Morgan fingerprint density at radius 3 is 2.75 bits per heavy atom. The highest BCUT2D eigenvalue weighted by atomic mass is 16.5. The molecule has 1 amide bonds. The molecule has 0 bridgehead atoms. The van der Waals surface area contributed by atoms with Gasteiger partial charge in [-0.3, -0.25) is 19.4 Å². The van der Waals surface area contributed by atoms with Crippen molar-refractivity contribution in [3.05, 3.63) is 51.4 Å². The second kappa shape index (κ2) is 8.14. The van der Waals surface area contributed by atoms with Crippen molar-refractivity contribution in [2.45, 2.75) is 32.4 Å². The van der Waals surface area contributed by atoms with Gasteiger partial charge in [0, 0.05) is 39.0 Å². The summed E-state index contributed by atoms with van der Waals surface area (Å²) in [6.45, 7) is 5.78. The fraction of sp³-hybridized carbons (Fsp3) is 0.478. The van der Waals surface area contributed by atoms with Gasteiger partial charge in [0.25, 0.3) is 11.5 Å². The molecule has 0 spiro atoms. The number of nitrogens with one attached hydrogen (secondary N) is 1. The molecule has 1 atom stereocenters. The zero-order valence-electron chi connectivity index (χ0n) is 18.5. The predicted molar refractivity (Wildman–Crippen MR) is 120 cm³/mol. The summed E-state index contributed by atoms with van der Waals surface area (Å²) in [6, 6.07) is 5.28. The van der Waals surface area contributed by atoms with Crippen molar-refractivity contribution < 1.29 is 9.53 Å². The van der Waals surface area contributed by atoms with E-state index < -0.39 is 0 Å². The highest BCUT2D eigenvalue weighted by Gasteiger charge is 2.26. The first kappa shape index (κ1) is 20.8. The van der Waals surface area contributed by atoms with Crippen molar-refractivity contribution in [3.63, 3.8) is 0 Å². The Morgan fingerprint density at radius 2 is 2.03 bits per heavy atom. The molecule has 3 aromatic heterocycles. The lowest BCUT2D eigenvalue weighted by molar-refractivity contribution is 0.0659. The van der Waals surface area contributed by atoms with E-state index in [9.17, 15) is 9.59 Å². The molecule has 32 heavy (non-hydrogen) atoms. The number of nitrogens with zero attached hydrogens (tertiary/aromatic N) is 5. The van der Waals surface area contributed by atoms with E-state index in [-0.39, 0.29) is 28.6 Å². The van der Waals surface area contributed by atoms with Gasteiger partial charge in [-0.1, -0.05) is 6.07 Å². The number of aromatic nitrogens is 3. The number of amides is 1. The van der Waals surface area contributed by atoms with E-state index >= 15 is 0 Å². The van der Waals surface area contributed by atoms with E-state index in [4.69, 9.17) is 15.1 Å². The summed E-state index contributed by atoms with van der Waals surface area (Å²) in [5.74, 6) is -0.208. The zero-order chi connectivity index (χ0) is 22.4. The fourth-order valence-electron chi connectivity index (χ4n) is 4.61. The van der Waals surface area contributed by atoms with Crippen LogP contribution in [0.1, 0.15) is 28.8 Å². The van der Waals surface area contributed by atoms with E-state index in [1.54, 1.807) is 21.7 Å². The van der Waals surface area contributed by atoms with Crippen molar-refractivity contribution in [2.75, 3.05) is 39.8 Å². The number of pyridine rings is 2. The third-order valence-electron chi connectivity index (χ3n) is 6.56. The summed E-state index contributed by atoms with van der Waals surface area (Å²) in [4.78, 5) is 35.6. The Labute approximate surface area is 185 Å². The summed E-state index contributed by atoms with van der Waals surface area (Å²) >= 11 is 0. The van der Waals surface area contributed by atoms with Gasteiger partial charge in [0.1, 0.15) is 16.8 Å². The number of rotatable bonds is 3. The number of hydrogen-bond donors (Lipinski definition) is 1. The molecule has 0 saturated carbocycles. The molecule has 168 valence electrons. The average molecular weight is 437 g/mol. The monoisotopic (exact) mass is 436 g/mol. The van der Waals surface area contributed by atoms with Gasteiger partial charge in [-0.05, 0) is 44.5 Å². The van der Waals surface area contributed by atoms with E-state index in [0.717, 1.165) is 31.5 Å². The van der Waals surface area contributed by atoms with Crippen molar-refractivity contribution in [1.82, 2.24) is 23.8 Å². The standard InChI is InChI=1S/C23H28N6O3/c1-15-5-3-7-28-20(15)25-21-18(23(28)31)13-17(22(30)27-10-8-26(2)9-11-27)19(24)29(21)14-16-6-4-12-32-16/h3,5,7,13,16,24H,4,6,8-12,14H2,1-2H3/t16-/m0/s1. The summed E-state index contributed by atoms with van der Waals surface area (Å²) in [7, 11) is 2.03. The van der Waals surface area contributed by atoms with Gasteiger partial charge in [-0.25, -0.2) is 4.98 Å².